The highest BCUT2D eigenvalue weighted by Gasteiger charge is 2.16. The molecule has 1 aromatic rings. The summed E-state index contributed by atoms with van der Waals surface area (Å²) in [6.07, 6.45) is 2.25. The SMILES string of the molecule is CCC(C)n1nc(C)c(CC(C)CNC(C)C)c1C. The molecule has 0 spiro atoms. The highest BCUT2D eigenvalue weighted by Crippen LogP contribution is 2.21. The summed E-state index contributed by atoms with van der Waals surface area (Å²) in [5.41, 5.74) is 4.00. The molecule has 19 heavy (non-hydrogen) atoms. The van der Waals surface area contributed by atoms with Gasteiger partial charge in [0.2, 0.25) is 0 Å². The van der Waals surface area contributed by atoms with Gasteiger partial charge in [0.05, 0.1) is 5.69 Å². The van der Waals surface area contributed by atoms with Crippen LogP contribution in [0.4, 0.5) is 0 Å². The van der Waals surface area contributed by atoms with Crippen molar-refractivity contribution in [3.63, 3.8) is 0 Å². The standard InChI is InChI=1S/C16H31N3/c1-8-13(5)19-15(7)16(14(6)18-19)9-12(4)10-17-11(2)3/h11-13,17H,8-10H2,1-7H3. The number of aryl methyl sites for hydroxylation is 1. The minimum atomic E-state index is 0.497. The number of rotatable bonds is 7. The molecule has 0 saturated carbocycles. The maximum Gasteiger partial charge on any atom is 0.0628 e. The van der Waals surface area contributed by atoms with Gasteiger partial charge >= 0.3 is 0 Å². The monoisotopic (exact) mass is 265 g/mol. The van der Waals surface area contributed by atoms with Crippen molar-refractivity contribution in [2.75, 3.05) is 6.54 Å². The van der Waals surface area contributed by atoms with Gasteiger partial charge in [0.1, 0.15) is 0 Å². The molecule has 0 amide bonds. The molecule has 1 heterocycles. The Morgan fingerprint density at radius 1 is 1.16 bits per heavy atom. The number of aromatic nitrogens is 2. The van der Waals surface area contributed by atoms with Crippen molar-refractivity contribution in [2.24, 2.45) is 5.92 Å². The normalized spacial score (nSPS) is 14.9. The summed E-state index contributed by atoms with van der Waals surface area (Å²) in [5, 5.41) is 8.24. The first kappa shape index (κ1) is 16.2. The molecule has 110 valence electrons. The average Bonchev–Trinajstić information content (AvgIpc) is 2.63. The lowest BCUT2D eigenvalue weighted by molar-refractivity contribution is 0.460. The quantitative estimate of drug-likeness (QED) is 0.815. The topological polar surface area (TPSA) is 29.9 Å². The van der Waals surface area contributed by atoms with E-state index in [0.29, 0.717) is 18.0 Å². The molecule has 0 radical (unpaired) electrons. The van der Waals surface area contributed by atoms with Crippen LogP contribution in [0.3, 0.4) is 0 Å². The van der Waals surface area contributed by atoms with Gasteiger partial charge in [-0.2, -0.15) is 5.10 Å². The van der Waals surface area contributed by atoms with Crippen molar-refractivity contribution in [2.45, 2.75) is 73.4 Å². The van der Waals surface area contributed by atoms with Crippen molar-refractivity contribution < 1.29 is 0 Å². The first-order chi connectivity index (χ1) is 8.86. The zero-order chi connectivity index (χ0) is 14.6. The molecule has 0 aliphatic heterocycles. The minimum Gasteiger partial charge on any atom is -0.314 e. The van der Waals surface area contributed by atoms with E-state index in [1.165, 1.54) is 17.0 Å². The van der Waals surface area contributed by atoms with Gasteiger partial charge in [0.15, 0.2) is 0 Å². The van der Waals surface area contributed by atoms with Crippen LogP contribution in [-0.2, 0) is 6.42 Å². The fraction of sp³-hybridized carbons (Fsp3) is 0.812. The predicted molar refractivity (Wildman–Crippen MR) is 82.7 cm³/mol. The molecule has 1 rings (SSSR count). The second-order valence-corrected chi connectivity index (χ2v) is 6.22. The molecule has 1 N–H and O–H groups in total. The van der Waals surface area contributed by atoms with Gasteiger partial charge in [-0.15, -0.1) is 0 Å². The summed E-state index contributed by atoms with van der Waals surface area (Å²) >= 11 is 0. The zero-order valence-electron chi connectivity index (χ0n) is 13.7. The van der Waals surface area contributed by atoms with E-state index in [-0.39, 0.29) is 0 Å². The summed E-state index contributed by atoms with van der Waals surface area (Å²) in [7, 11) is 0. The summed E-state index contributed by atoms with van der Waals surface area (Å²) in [6.45, 7) is 16.6. The van der Waals surface area contributed by atoms with E-state index in [1.54, 1.807) is 0 Å². The van der Waals surface area contributed by atoms with Crippen LogP contribution < -0.4 is 5.32 Å². The molecule has 0 saturated heterocycles. The molecule has 2 atom stereocenters. The first-order valence-corrected chi connectivity index (χ1v) is 7.64. The first-order valence-electron chi connectivity index (χ1n) is 7.64. The molecule has 2 unspecified atom stereocenters. The fourth-order valence-electron chi connectivity index (χ4n) is 2.45. The molecule has 0 fully saturated rings. The lowest BCUT2D eigenvalue weighted by atomic mass is 9.99. The highest BCUT2D eigenvalue weighted by molar-refractivity contribution is 5.25. The summed E-state index contributed by atoms with van der Waals surface area (Å²) in [6, 6.07) is 1.06. The van der Waals surface area contributed by atoms with Crippen molar-refractivity contribution in [3.05, 3.63) is 17.0 Å². The van der Waals surface area contributed by atoms with Gasteiger partial charge in [-0.25, -0.2) is 0 Å². The Balaban J connectivity index is 2.75. The summed E-state index contributed by atoms with van der Waals surface area (Å²) < 4.78 is 2.20. The smallest absolute Gasteiger partial charge is 0.0628 e. The fourth-order valence-corrected chi connectivity index (χ4v) is 2.45. The lowest BCUT2D eigenvalue weighted by Gasteiger charge is -2.16. The van der Waals surface area contributed by atoms with Gasteiger partial charge in [0.25, 0.3) is 0 Å². The van der Waals surface area contributed by atoms with E-state index in [2.05, 4.69) is 58.5 Å². The number of nitrogens with one attached hydrogen (secondary N) is 1. The van der Waals surface area contributed by atoms with Crippen molar-refractivity contribution >= 4 is 0 Å². The Hall–Kier alpha value is -0.830. The van der Waals surface area contributed by atoms with Crippen molar-refractivity contribution in [1.82, 2.24) is 15.1 Å². The molecule has 3 heteroatoms. The number of hydrogen-bond acceptors (Lipinski definition) is 2. The van der Waals surface area contributed by atoms with E-state index < -0.39 is 0 Å². The van der Waals surface area contributed by atoms with Gasteiger partial charge < -0.3 is 5.32 Å². The molecule has 0 aliphatic rings. The third-order valence-electron chi connectivity index (χ3n) is 3.91. The van der Waals surface area contributed by atoms with Crippen LogP contribution in [-0.4, -0.2) is 22.4 Å². The second kappa shape index (κ2) is 7.09. The van der Waals surface area contributed by atoms with E-state index in [0.717, 1.165) is 19.4 Å². The van der Waals surface area contributed by atoms with Crippen LogP contribution in [0.25, 0.3) is 0 Å². The van der Waals surface area contributed by atoms with E-state index in [9.17, 15) is 0 Å². The third-order valence-corrected chi connectivity index (χ3v) is 3.91. The van der Waals surface area contributed by atoms with Crippen molar-refractivity contribution in [1.29, 1.82) is 0 Å². The Kier molecular flexibility index (Phi) is 6.05. The summed E-state index contributed by atoms with van der Waals surface area (Å²) in [5.74, 6) is 0.648. The summed E-state index contributed by atoms with van der Waals surface area (Å²) in [4.78, 5) is 0. The minimum absolute atomic E-state index is 0.497. The molecular weight excluding hydrogens is 234 g/mol. The predicted octanol–water partition coefficient (Wildman–Crippen LogP) is 3.65. The maximum absolute atomic E-state index is 4.73. The average molecular weight is 265 g/mol. The number of nitrogens with zero attached hydrogens (tertiary/aromatic N) is 2. The van der Waals surface area contributed by atoms with Gasteiger partial charge in [-0.05, 0) is 51.6 Å². The molecule has 3 nitrogen and oxygen atoms in total. The zero-order valence-corrected chi connectivity index (χ0v) is 13.7. The van der Waals surface area contributed by atoms with Crippen LogP contribution in [0.2, 0.25) is 0 Å². The van der Waals surface area contributed by atoms with Gasteiger partial charge in [-0.3, -0.25) is 4.68 Å². The van der Waals surface area contributed by atoms with Gasteiger partial charge in [-0.1, -0.05) is 27.7 Å². The van der Waals surface area contributed by atoms with Crippen LogP contribution in [0, 0.1) is 19.8 Å². The molecular formula is C16H31N3. The van der Waals surface area contributed by atoms with Crippen LogP contribution in [0.5, 0.6) is 0 Å². The largest absolute Gasteiger partial charge is 0.314 e. The Morgan fingerprint density at radius 3 is 2.32 bits per heavy atom. The van der Waals surface area contributed by atoms with E-state index >= 15 is 0 Å². The van der Waals surface area contributed by atoms with Crippen LogP contribution >= 0.6 is 0 Å². The Labute approximate surface area is 118 Å². The van der Waals surface area contributed by atoms with Crippen LogP contribution in [0.15, 0.2) is 0 Å². The molecule has 0 aliphatic carbocycles. The number of hydrogen-bond donors (Lipinski definition) is 1. The Bertz CT molecular complexity index is 393. The Morgan fingerprint density at radius 2 is 1.79 bits per heavy atom. The maximum atomic E-state index is 4.73. The van der Waals surface area contributed by atoms with Crippen LogP contribution in [0.1, 0.15) is 64.0 Å². The van der Waals surface area contributed by atoms with Gasteiger partial charge in [0, 0.05) is 17.8 Å². The third kappa shape index (κ3) is 4.34. The van der Waals surface area contributed by atoms with Crippen molar-refractivity contribution in [3.8, 4) is 0 Å². The lowest BCUT2D eigenvalue weighted by Crippen LogP contribution is -2.28. The van der Waals surface area contributed by atoms with E-state index in [4.69, 9.17) is 5.10 Å². The second-order valence-electron chi connectivity index (χ2n) is 6.22. The van der Waals surface area contributed by atoms with E-state index in [1.807, 2.05) is 0 Å². The molecule has 0 aromatic carbocycles. The molecule has 0 bridgehead atoms. The molecule has 1 aromatic heterocycles. The highest BCUT2D eigenvalue weighted by atomic mass is 15.3.